The molecule has 79 heavy (non-hydrogen) atoms. The normalized spacial score (nSPS) is 50.6. The molecule has 13 N–H and O–H groups in total. The van der Waals surface area contributed by atoms with Crippen LogP contribution in [0.15, 0.2) is 23.3 Å². The number of rotatable bonds is 14. The van der Waals surface area contributed by atoms with E-state index in [0.717, 1.165) is 5.57 Å². The van der Waals surface area contributed by atoms with Crippen molar-refractivity contribution in [3.8, 4) is 0 Å². The van der Waals surface area contributed by atoms with Crippen LogP contribution < -0.4 is 0 Å². The Morgan fingerprint density at radius 3 is 1.81 bits per heavy atom. The molecule has 3 heterocycles. The standard InChI is InChI=1S/C55H86O24/c1-10-23(2)46(71)79-44-43(68)55(22-72-24(3)59)26(17-50(44,4)5)25-11-12-30-51(6)15-14-32(52(7,21-58)29(51)13-16-53(30,8)54(25,9)18-31(55)60)75-49-41(77-48-38(66)36(64)34(62)28(20-57)74-48)39(67)40(42(78-49)45(69)70)76-47-37(65)35(63)33(61)27(19-56)73-47/h10-11,26-44,47-49,56-58,60-68H,12-22H2,1-9H3,(H,69,70)/b23-10+/t26?,27-,28-,29?,30?,31-,32+,33-,34-,35+,36+,37-,38-,39+,40+,41-,42+,43+,44+,47+,48+,49-,51+,52-,53-,54-,55+/m1/s1. The number of aliphatic hydroxyl groups excluding tert-OH is 12. The monoisotopic (exact) mass is 1130 g/mol. The molecule has 7 fully saturated rings. The Hall–Kier alpha value is -2.83. The number of aliphatic carboxylic acids is 1. The number of fused-ring (bicyclic) bond motifs is 7. The number of esters is 2. The molecule has 4 saturated carbocycles. The fourth-order valence-corrected chi connectivity index (χ4v) is 16.1. The first-order valence-electron chi connectivity index (χ1n) is 27.7. The molecule has 3 saturated heterocycles. The van der Waals surface area contributed by atoms with Gasteiger partial charge < -0.3 is 104 Å². The van der Waals surface area contributed by atoms with E-state index in [4.69, 9.17) is 37.9 Å². The third kappa shape index (κ3) is 10.0. The van der Waals surface area contributed by atoms with Crippen LogP contribution in [0.3, 0.4) is 0 Å². The molecule has 5 aliphatic carbocycles. The molecule has 3 unspecified atom stereocenters. The van der Waals surface area contributed by atoms with E-state index in [9.17, 15) is 80.8 Å². The van der Waals surface area contributed by atoms with Crippen LogP contribution in [0.2, 0.25) is 0 Å². The lowest BCUT2D eigenvalue weighted by molar-refractivity contribution is -0.392. The number of hydrogen-bond acceptors (Lipinski definition) is 23. The van der Waals surface area contributed by atoms with Crippen molar-refractivity contribution >= 4 is 17.9 Å². The number of carboxylic acids is 1. The Bertz CT molecular complexity index is 2290. The molecule has 0 bridgehead atoms. The van der Waals surface area contributed by atoms with Crippen molar-refractivity contribution in [1.29, 1.82) is 0 Å². The second-order valence-corrected chi connectivity index (χ2v) is 25.6. The van der Waals surface area contributed by atoms with E-state index in [0.29, 0.717) is 37.7 Å². The summed E-state index contributed by atoms with van der Waals surface area (Å²) in [6.07, 6.45) is -26.8. The van der Waals surface area contributed by atoms with Crippen LogP contribution in [0.1, 0.15) is 107 Å². The largest absolute Gasteiger partial charge is 0.479 e. The van der Waals surface area contributed by atoms with Crippen LogP contribution in [0.5, 0.6) is 0 Å². The first-order valence-corrected chi connectivity index (χ1v) is 27.7. The van der Waals surface area contributed by atoms with Crippen LogP contribution in [0, 0.1) is 50.2 Å². The Morgan fingerprint density at radius 2 is 1.28 bits per heavy atom. The summed E-state index contributed by atoms with van der Waals surface area (Å²) < 4.78 is 47.7. The molecule has 0 amide bonds. The van der Waals surface area contributed by atoms with Gasteiger partial charge in [0.25, 0.3) is 0 Å². The summed E-state index contributed by atoms with van der Waals surface area (Å²) in [4.78, 5) is 39.0. The van der Waals surface area contributed by atoms with Gasteiger partial charge in [0, 0.05) is 23.3 Å². The molecule has 24 heteroatoms. The molecule has 24 nitrogen and oxygen atoms in total. The van der Waals surface area contributed by atoms with Gasteiger partial charge in [0.2, 0.25) is 0 Å². The van der Waals surface area contributed by atoms with E-state index in [1.807, 2.05) is 20.8 Å². The van der Waals surface area contributed by atoms with Gasteiger partial charge >= 0.3 is 17.9 Å². The van der Waals surface area contributed by atoms with Crippen LogP contribution in [0.4, 0.5) is 0 Å². The summed E-state index contributed by atoms with van der Waals surface area (Å²) >= 11 is 0. The summed E-state index contributed by atoms with van der Waals surface area (Å²) in [5.74, 6) is -3.82. The zero-order valence-electron chi connectivity index (χ0n) is 46.4. The number of allylic oxidation sites excluding steroid dienone is 3. The SMILES string of the molecule is C/C=C(\C)C(=O)O[C@H]1[C@H](O)[C@@]2(COC(C)=O)C(CC1(C)C)C1=CCC3[C@@]4(C)CC[C@H](O[C@@H]5O[C@H](C(=O)O)[C@@H](O[C@@H]6O[C@H](CO)[C@@H](O)[C@H](O)[C@H]6O)[C@H](O)[C@H]5O[C@@H]5O[C@H](CO)[C@@H](O)[C@H](O)[C@H]5O)[C@](C)(CO)C4CC[C@@]3(C)[C@]1(C)C[C@H]2O. The quantitative estimate of drug-likeness (QED) is 0.0415. The smallest absolute Gasteiger partial charge is 0.335 e. The number of hydrogen-bond donors (Lipinski definition) is 13. The molecule has 8 rings (SSSR count). The van der Waals surface area contributed by atoms with Crippen molar-refractivity contribution in [2.75, 3.05) is 26.4 Å². The molecule has 0 aromatic heterocycles. The van der Waals surface area contributed by atoms with Gasteiger partial charge in [-0.15, -0.1) is 0 Å². The molecule has 450 valence electrons. The topological polar surface area (TPSA) is 388 Å². The molecule has 8 aliphatic rings. The molecule has 0 aromatic rings. The highest BCUT2D eigenvalue weighted by atomic mass is 16.8. The van der Waals surface area contributed by atoms with E-state index in [1.54, 1.807) is 19.9 Å². The molecule has 0 aromatic carbocycles. The minimum absolute atomic E-state index is 0.0849. The van der Waals surface area contributed by atoms with Gasteiger partial charge in [-0.2, -0.15) is 0 Å². The number of carbonyl (C=O) groups excluding carboxylic acids is 2. The van der Waals surface area contributed by atoms with Crippen molar-refractivity contribution in [3.05, 3.63) is 23.3 Å². The van der Waals surface area contributed by atoms with Crippen molar-refractivity contribution in [2.45, 2.75) is 224 Å². The van der Waals surface area contributed by atoms with Crippen LogP contribution in [0.25, 0.3) is 0 Å². The molecular weight excluding hydrogens is 1040 g/mol. The zero-order valence-corrected chi connectivity index (χ0v) is 46.4. The maximum Gasteiger partial charge on any atom is 0.335 e. The highest BCUT2D eigenvalue weighted by Crippen LogP contribution is 2.76. The fraction of sp³-hybridized carbons (Fsp3) is 0.873. The van der Waals surface area contributed by atoms with E-state index >= 15 is 0 Å². The van der Waals surface area contributed by atoms with Gasteiger partial charge in [-0.3, -0.25) is 4.79 Å². The maximum atomic E-state index is 13.3. The lowest BCUT2D eigenvalue weighted by atomic mass is 9.33. The fourth-order valence-electron chi connectivity index (χ4n) is 16.1. The molecule has 3 aliphatic heterocycles. The van der Waals surface area contributed by atoms with Crippen LogP contribution >= 0.6 is 0 Å². The van der Waals surface area contributed by atoms with Crippen molar-refractivity contribution in [1.82, 2.24) is 0 Å². The Kier molecular flexibility index (Phi) is 17.8. The third-order valence-corrected chi connectivity index (χ3v) is 21.0. The summed E-state index contributed by atoms with van der Waals surface area (Å²) in [5, 5.41) is 144. The zero-order chi connectivity index (χ0) is 58.4. The second-order valence-electron chi connectivity index (χ2n) is 25.6. The average molecular weight is 1130 g/mol. The molecular formula is C55H86O24. The number of aliphatic hydroxyl groups is 12. The van der Waals surface area contributed by atoms with E-state index in [1.165, 1.54) is 6.92 Å². The Morgan fingerprint density at radius 1 is 0.696 bits per heavy atom. The van der Waals surface area contributed by atoms with Gasteiger partial charge in [0.05, 0.1) is 37.4 Å². The maximum absolute atomic E-state index is 13.3. The highest BCUT2D eigenvalue weighted by Gasteiger charge is 2.74. The summed E-state index contributed by atoms with van der Waals surface area (Å²) in [6.45, 7) is 14.3. The van der Waals surface area contributed by atoms with E-state index in [2.05, 4.69) is 26.8 Å². The summed E-state index contributed by atoms with van der Waals surface area (Å²) in [6, 6.07) is 0. The predicted octanol–water partition coefficient (Wildman–Crippen LogP) is -1.32. The summed E-state index contributed by atoms with van der Waals surface area (Å²) in [7, 11) is 0. The van der Waals surface area contributed by atoms with Gasteiger partial charge in [-0.25, -0.2) is 9.59 Å². The molecule has 27 atom stereocenters. The Labute approximate surface area is 459 Å². The van der Waals surface area contributed by atoms with Crippen molar-refractivity contribution < 1.29 is 119 Å². The first kappa shape index (κ1) is 62.2. The van der Waals surface area contributed by atoms with Gasteiger partial charge in [-0.1, -0.05) is 59.3 Å². The number of ether oxygens (including phenoxy) is 8. The predicted molar refractivity (Wildman–Crippen MR) is 269 cm³/mol. The lowest BCUT2D eigenvalue weighted by Gasteiger charge is -2.72. The van der Waals surface area contributed by atoms with Gasteiger partial charge in [-0.05, 0) is 92.8 Å². The van der Waals surface area contributed by atoms with Crippen molar-refractivity contribution in [3.63, 3.8) is 0 Å². The summed E-state index contributed by atoms with van der Waals surface area (Å²) in [5.41, 5.74) is -3.78. The second kappa shape index (κ2) is 22.6. The molecule has 0 spiro atoms. The van der Waals surface area contributed by atoms with Gasteiger partial charge in [0.15, 0.2) is 25.0 Å². The minimum atomic E-state index is -2.18. The Balaban J connectivity index is 1.11. The number of carbonyl (C=O) groups is 3. The lowest BCUT2D eigenvalue weighted by Crippen LogP contribution is -2.72. The van der Waals surface area contributed by atoms with Crippen LogP contribution in [-0.2, 0) is 52.3 Å². The molecule has 0 radical (unpaired) electrons. The van der Waals surface area contributed by atoms with E-state index < -0.39 is 193 Å². The van der Waals surface area contributed by atoms with Crippen LogP contribution in [-0.4, -0.2) is 227 Å². The van der Waals surface area contributed by atoms with E-state index in [-0.39, 0.29) is 31.3 Å². The number of carboxylic acid groups (broad SMARTS) is 1. The highest BCUT2D eigenvalue weighted by molar-refractivity contribution is 5.87. The van der Waals surface area contributed by atoms with Crippen molar-refractivity contribution in [2.24, 2.45) is 50.2 Å². The average Bonchev–Trinajstić information content (AvgIpc) is 1.69. The first-order chi connectivity index (χ1) is 36.9. The van der Waals surface area contributed by atoms with Gasteiger partial charge in [0.1, 0.15) is 86.0 Å². The third-order valence-electron chi connectivity index (χ3n) is 21.0. The minimum Gasteiger partial charge on any atom is -0.479 e.